The lowest BCUT2D eigenvalue weighted by molar-refractivity contribution is 0.817. The van der Waals surface area contributed by atoms with E-state index in [0.717, 1.165) is 22.4 Å². The van der Waals surface area contributed by atoms with Gasteiger partial charge in [-0.1, -0.05) is 0 Å². The van der Waals surface area contributed by atoms with Crippen LogP contribution in [0.4, 0.5) is 5.82 Å². The highest BCUT2D eigenvalue weighted by molar-refractivity contribution is 5.69. The van der Waals surface area contributed by atoms with Crippen LogP contribution in [-0.4, -0.2) is 9.55 Å². The summed E-state index contributed by atoms with van der Waals surface area (Å²) >= 11 is 0. The topological polar surface area (TPSA) is 60.9 Å². The second-order valence-corrected chi connectivity index (χ2v) is 4.16. The van der Waals surface area contributed by atoms with Crippen LogP contribution >= 0.6 is 0 Å². The zero-order valence-corrected chi connectivity index (χ0v) is 10.2. The van der Waals surface area contributed by atoms with Crippen LogP contribution in [0.2, 0.25) is 0 Å². The maximum Gasteiger partial charge on any atom is 0.250 e. The van der Waals surface area contributed by atoms with Crippen molar-refractivity contribution in [3.05, 3.63) is 46.0 Å². The maximum absolute atomic E-state index is 11.6. The van der Waals surface area contributed by atoms with Gasteiger partial charge in [-0.3, -0.25) is 4.79 Å². The van der Waals surface area contributed by atoms with E-state index in [0.29, 0.717) is 5.82 Å². The third-order valence-corrected chi connectivity index (χ3v) is 3.00. The summed E-state index contributed by atoms with van der Waals surface area (Å²) < 4.78 is 1.64. The molecule has 17 heavy (non-hydrogen) atoms. The standard InChI is InChI=1S/C13H15N3O/c1-8-6-12(17)16(3)9(2)13(8)10-4-5-11(14)15-7-10/h4-7H,1-3H3,(H2,14,15). The minimum atomic E-state index is 0.00662. The van der Waals surface area contributed by atoms with Gasteiger partial charge in [0.25, 0.3) is 5.56 Å². The molecule has 0 saturated heterocycles. The molecular weight excluding hydrogens is 214 g/mol. The van der Waals surface area contributed by atoms with Crippen LogP contribution in [0.15, 0.2) is 29.2 Å². The quantitative estimate of drug-likeness (QED) is 0.808. The molecule has 0 aliphatic carbocycles. The van der Waals surface area contributed by atoms with Gasteiger partial charge in [-0.25, -0.2) is 4.98 Å². The number of anilines is 1. The number of hydrogen-bond acceptors (Lipinski definition) is 3. The molecule has 2 rings (SSSR count). The molecule has 2 heterocycles. The number of nitrogens with zero attached hydrogens (tertiary/aromatic N) is 2. The minimum Gasteiger partial charge on any atom is -0.384 e. The van der Waals surface area contributed by atoms with Crippen LogP contribution in [0.3, 0.4) is 0 Å². The maximum atomic E-state index is 11.6. The van der Waals surface area contributed by atoms with Crippen molar-refractivity contribution in [2.24, 2.45) is 7.05 Å². The average Bonchev–Trinajstić information content (AvgIpc) is 2.29. The Bertz CT molecular complexity index is 612. The van der Waals surface area contributed by atoms with Gasteiger partial charge in [0.15, 0.2) is 0 Å². The molecular formula is C13H15N3O. The Morgan fingerprint density at radius 1 is 1.29 bits per heavy atom. The van der Waals surface area contributed by atoms with Crippen LogP contribution in [0.25, 0.3) is 11.1 Å². The molecule has 0 aromatic carbocycles. The van der Waals surface area contributed by atoms with Gasteiger partial charge in [-0.2, -0.15) is 0 Å². The molecule has 0 fully saturated rings. The third-order valence-electron chi connectivity index (χ3n) is 3.00. The van der Waals surface area contributed by atoms with Crippen LogP contribution in [0.1, 0.15) is 11.3 Å². The van der Waals surface area contributed by atoms with Gasteiger partial charge in [0.2, 0.25) is 0 Å². The van der Waals surface area contributed by atoms with E-state index in [2.05, 4.69) is 4.98 Å². The van der Waals surface area contributed by atoms with Gasteiger partial charge >= 0.3 is 0 Å². The molecule has 0 bridgehead atoms. The van der Waals surface area contributed by atoms with Crippen molar-refractivity contribution in [1.29, 1.82) is 0 Å². The summed E-state index contributed by atoms with van der Waals surface area (Å²) in [6.45, 7) is 3.86. The number of nitrogen functional groups attached to an aromatic ring is 1. The summed E-state index contributed by atoms with van der Waals surface area (Å²) in [4.78, 5) is 15.7. The summed E-state index contributed by atoms with van der Waals surface area (Å²) in [6.07, 6.45) is 1.73. The van der Waals surface area contributed by atoms with Crippen molar-refractivity contribution >= 4 is 5.82 Å². The Morgan fingerprint density at radius 2 is 2.00 bits per heavy atom. The van der Waals surface area contributed by atoms with E-state index < -0.39 is 0 Å². The average molecular weight is 229 g/mol. The lowest BCUT2D eigenvalue weighted by Gasteiger charge is -2.13. The first-order chi connectivity index (χ1) is 8.00. The molecule has 0 aliphatic rings. The second-order valence-electron chi connectivity index (χ2n) is 4.16. The lowest BCUT2D eigenvalue weighted by atomic mass is 10.0. The van der Waals surface area contributed by atoms with Gasteiger partial charge in [-0.05, 0) is 31.5 Å². The molecule has 2 N–H and O–H groups in total. The summed E-state index contributed by atoms with van der Waals surface area (Å²) in [5.41, 5.74) is 9.48. The van der Waals surface area contributed by atoms with Gasteiger partial charge in [0.1, 0.15) is 5.82 Å². The molecule has 0 unspecified atom stereocenters. The van der Waals surface area contributed by atoms with Gasteiger partial charge < -0.3 is 10.3 Å². The zero-order valence-electron chi connectivity index (χ0n) is 10.2. The first kappa shape index (κ1) is 11.4. The molecule has 0 atom stereocenters. The fraction of sp³-hybridized carbons (Fsp3) is 0.231. The third kappa shape index (κ3) is 1.93. The molecule has 4 nitrogen and oxygen atoms in total. The first-order valence-corrected chi connectivity index (χ1v) is 5.40. The molecule has 2 aromatic heterocycles. The van der Waals surface area contributed by atoms with Crippen molar-refractivity contribution in [3.63, 3.8) is 0 Å². The SMILES string of the molecule is Cc1cc(=O)n(C)c(C)c1-c1ccc(N)nc1. The second kappa shape index (κ2) is 4.05. The summed E-state index contributed by atoms with van der Waals surface area (Å²) in [7, 11) is 1.77. The number of hydrogen-bond donors (Lipinski definition) is 1. The largest absolute Gasteiger partial charge is 0.384 e. The first-order valence-electron chi connectivity index (χ1n) is 5.40. The predicted octanol–water partition coefficient (Wildman–Crippen LogP) is 1.65. The van der Waals surface area contributed by atoms with Gasteiger partial charge in [0.05, 0.1) is 0 Å². The van der Waals surface area contributed by atoms with E-state index in [1.807, 2.05) is 19.9 Å². The predicted molar refractivity (Wildman–Crippen MR) is 68.8 cm³/mol. The summed E-state index contributed by atoms with van der Waals surface area (Å²) in [6, 6.07) is 5.32. The van der Waals surface area contributed by atoms with Crippen LogP contribution in [0, 0.1) is 13.8 Å². The Hall–Kier alpha value is -2.10. The van der Waals surface area contributed by atoms with Crippen molar-refractivity contribution in [3.8, 4) is 11.1 Å². The van der Waals surface area contributed by atoms with E-state index in [4.69, 9.17) is 5.73 Å². The van der Waals surface area contributed by atoms with E-state index in [9.17, 15) is 4.79 Å². The number of nitrogens with two attached hydrogens (primary N) is 1. The summed E-state index contributed by atoms with van der Waals surface area (Å²) in [5.74, 6) is 0.494. The number of aryl methyl sites for hydroxylation is 1. The fourth-order valence-corrected chi connectivity index (χ4v) is 1.96. The molecule has 0 aliphatic heterocycles. The van der Waals surface area contributed by atoms with Crippen LogP contribution < -0.4 is 11.3 Å². The van der Waals surface area contributed by atoms with E-state index in [-0.39, 0.29) is 5.56 Å². The zero-order chi connectivity index (χ0) is 12.6. The van der Waals surface area contributed by atoms with Gasteiger partial charge in [-0.15, -0.1) is 0 Å². The number of aromatic nitrogens is 2. The minimum absolute atomic E-state index is 0.00662. The lowest BCUT2D eigenvalue weighted by Crippen LogP contribution is -2.19. The van der Waals surface area contributed by atoms with Crippen molar-refractivity contribution < 1.29 is 0 Å². The normalized spacial score (nSPS) is 10.5. The highest BCUT2D eigenvalue weighted by atomic mass is 16.1. The van der Waals surface area contributed by atoms with Crippen molar-refractivity contribution in [2.75, 3.05) is 5.73 Å². The highest BCUT2D eigenvalue weighted by Gasteiger charge is 2.09. The molecule has 88 valence electrons. The Balaban J connectivity index is 2.71. The Labute approximate surface area is 99.7 Å². The number of rotatable bonds is 1. The molecule has 0 saturated carbocycles. The number of pyridine rings is 2. The highest BCUT2D eigenvalue weighted by Crippen LogP contribution is 2.25. The molecule has 0 amide bonds. The fourth-order valence-electron chi connectivity index (χ4n) is 1.96. The Morgan fingerprint density at radius 3 is 2.59 bits per heavy atom. The Kier molecular flexibility index (Phi) is 2.71. The van der Waals surface area contributed by atoms with Gasteiger partial charge in [0, 0.05) is 36.1 Å². The molecule has 2 aromatic rings. The molecule has 0 radical (unpaired) electrons. The monoisotopic (exact) mass is 229 g/mol. The van der Waals surface area contributed by atoms with Crippen LogP contribution in [0.5, 0.6) is 0 Å². The van der Waals surface area contributed by atoms with Crippen molar-refractivity contribution in [2.45, 2.75) is 13.8 Å². The van der Waals surface area contributed by atoms with E-state index >= 15 is 0 Å². The van der Waals surface area contributed by atoms with E-state index in [1.165, 1.54) is 0 Å². The van der Waals surface area contributed by atoms with Crippen molar-refractivity contribution in [1.82, 2.24) is 9.55 Å². The van der Waals surface area contributed by atoms with E-state index in [1.54, 1.807) is 29.9 Å². The van der Waals surface area contributed by atoms with Crippen LogP contribution in [-0.2, 0) is 7.05 Å². The molecule has 0 spiro atoms. The smallest absolute Gasteiger partial charge is 0.250 e. The molecule has 4 heteroatoms. The summed E-state index contributed by atoms with van der Waals surface area (Å²) in [5, 5.41) is 0.